The monoisotopic (exact) mass is 244 g/mol. The molecule has 17 heavy (non-hydrogen) atoms. The molecule has 1 N–H and O–H groups in total. The minimum absolute atomic E-state index is 0.0176. The Balaban J connectivity index is 3.96. The maximum Gasteiger partial charge on any atom is 0.221 e. The van der Waals surface area contributed by atoms with Crippen LogP contribution in [0.3, 0.4) is 0 Å². The van der Waals surface area contributed by atoms with Crippen LogP contribution in [-0.2, 0) is 14.3 Å². The van der Waals surface area contributed by atoms with Crippen LogP contribution in [0, 0.1) is 0 Å². The van der Waals surface area contributed by atoms with E-state index in [-0.39, 0.29) is 17.9 Å². The lowest BCUT2D eigenvalue weighted by molar-refractivity contribution is -0.131. The van der Waals surface area contributed by atoms with E-state index in [1.165, 1.54) is 6.92 Å². The molecule has 0 spiro atoms. The highest BCUT2D eigenvalue weighted by atomic mass is 16.5. The van der Waals surface area contributed by atoms with Crippen molar-refractivity contribution in [2.75, 3.05) is 26.8 Å². The third-order valence-electron chi connectivity index (χ3n) is 2.74. The summed E-state index contributed by atoms with van der Waals surface area (Å²) in [5, 5.41) is 2.73. The van der Waals surface area contributed by atoms with E-state index in [4.69, 9.17) is 4.74 Å². The first-order valence-electron chi connectivity index (χ1n) is 6.05. The molecule has 0 heterocycles. The van der Waals surface area contributed by atoms with Crippen molar-refractivity contribution in [1.82, 2.24) is 10.2 Å². The normalized spacial score (nSPS) is 12.0. The van der Waals surface area contributed by atoms with E-state index in [0.29, 0.717) is 26.1 Å². The zero-order valence-corrected chi connectivity index (χ0v) is 11.3. The van der Waals surface area contributed by atoms with Gasteiger partial charge in [0.1, 0.15) is 0 Å². The Morgan fingerprint density at radius 1 is 1.41 bits per heavy atom. The van der Waals surface area contributed by atoms with Crippen LogP contribution in [0.4, 0.5) is 0 Å². The van der Waals surface area contributed by atoms with E-state index < -0.39 is 0 Å². The summed E-state index contributed by atoms with van der Waals surface area (Å²) >= 11 is 0. The molecule has 0 saturated carbocycles. The molecule has 0 aromatic carbocycles. The van der Waals surface area contributed by atoms with E-state index in [1.807, 2.05) is 13.8 Å². The van der Waals surface area contributed by atoms with Gasteiger partial charge in [-0.25, -0.2) is 0 Å². The maximum atomic E-state index is 11.5. The molecule has 0 aromatic heterocycles. The van der Waals surface area contributed by atoms with Crippen LogP contribution in [0.25, 0.3) is 0 Å². The highest BCUT2D eigenvalue weighted by molar-refractivity contribution is 5.78. The van der Waals surface area contributed by atoms with E-state index in [1.54, 1.807) is 12.0 Å². The lowest BCUT2D eigenvalue weighted by atomic mass is 10.2. The minimum atomic E-state index is -0.0448. The second-order valence-corrected chi connectivity index (χ2v) is 4.06. The third-order valence-corrected chi connectivity index (χ3v) is 2.74. The Kier molecular flexibility index (Phi) is 8.40. The van der Waals surface area contributed by atoms with Gasteiger partial charge in [-0.2, -0.15) is 0 Å². The summed E-state index contributed by atoms with van der Waals surface area (Å²) < 4.78 is 4.83. The fraction of sp³-hybridized carbons (Fsp3) is 0.833. The van der Waals surface area contributed by atoms with Gasteiger partial charge in [0, 0.05) is 39.6 Å². The highest BCUT2D eigenvalue weighted by Gasteiger charge is 2.15. The molecule has 0 bridgehead atoms. The number of methoxy groups -OCH3 is 1. The molecule has 0 rings (SSSR count). The Hall–Kier alpha value is -1.10. The first kappa shape index (κ1) is 15.9. The second-order valence-electron chi connectivity index (χ2n) is 4.06. The van der Waals surface area contributed by atoms with Crippen LogP contribution in [-0.4, -0.2) is 49.6 Å². The number of ether oxygens (including phenoxy) is 1. The van der Waals surface area contributed by atoms with Gasteiger partial charge in [-0.1, -0.05) is 6.92 Å². The average Bonchev–Trinajstić information content (AvgIpc) is 2.28. The van der Waals surface area contributed by atoms with Crippen molar-refractivity contribution in [2.45, 2.75) is 39.7 Å². The SMILES string of the molecule is CCC(C)N(CCC(=O)NCCOC)C(C)=O. The average molecular weight is 244 g/mol. The lowest BCUT2D eigenvalue weighted by Crippen LogP contribution is -2.39. The molecule has 0 aromatic rings. The molecule has 0 aliphatic rings. The van der Waals surface area contributed by atoms with Gasteiger partial charge in [-0.05, 0) is 13.3 Å². The van der Waals surface area contributed by atoms with Crippen LogP contribution in [0.15, 0.2) is 0 Å². The molecular weight excluding hydrogens is 220 g/mol. The van der Waals surface area contributed by atoms with Gasteiger partial charge in [0.15, 0.2) is 0 Å². The zero-order valence-electron chi connectivity index (χ0n) is 11.3. The van der Waals surface area contributed by atoms with Gasteiger partial charge in [0.25, 0.3) is 0 Å². The highest BCUT2D eigenvalue weighted by Crippen LogP contribution is 2.04. The molecule has 0 fully saturated rings. The number of nitrogens with zero attached hydrogens (tertiary/aromatic N) is 1. The Morgan fingerprint density at radius 2 is 2.06 bits per heavy atom. The number of carbonyl (C=O) groups is 2. The summed E-state index contributed by atoms with van der Waals surface area (Å²) in [5.74, 6) is -0.0272. The van der Waals surface area contributed by atoms with Crippen molar-refractivity contribution in [3.8, 4) is 0 Å². The van der Waals surface area contributed by atoms with Crippen molar-refractivity contribution in [2.24, 2.45) is 0 Å². The molecule has 1 atom stereocenters. The molecule has 1 unspecified atom stereocenters. The van der Waals surface area contributed by atoms with Crippen molar-refractivity contribution in [3.05, 3.63) is 0 Å². The Bertz CT molecular complexity index is 244. The summed E-state index contributed by atoms with van der Waals surface area (Å²) in [6, 6.07) is 0.180. The zero-order chi connectivity index (χ0) is 13.3. The Morgan fingerprint density at radius 3 is 2.53 bits per heavy atom. The number of nitrogens with one attached hydrogen (secondary N) is 1. The molecule has 0 saturated heterocycles. The molecule has 0 radical (unpaired) electrons. The number of hydrogen-bond donors (Lipinski definition) is 1. The molecule has 0 aliphatic carbocycles. The fourth-order valence-corrected chi connectivity index (χ4v) is 1.51. The second kappa shape index (κ2) is 8.98. The van der Waals surface area contributed by atoms with Crippen molar-refractivity contribution in [3.63, 3.8) is 0 Å². The van der Waals surface area contributed by atoms with Crippen LogP contribution in [0.2, 0.25) is 0 Å². The molecule has 2 amide bonds. The lowest BCUT2D eigenvalue weighted by Gasteiger charge is -2.27. The summed E-state index contributed by atoms with van der Waals surface area (Å²) in [4.78, 5) is 24.6. The number of hydrogen-bond acceptors (Lipinski definition) is 3. The summed E-state index contributed by atoms with van der Waals surface area (Å²) in [6.45, 7) is 7.05. The van der Waals surface area contributed by atoms with Crippen LogP contribution >= 0.6 is 0 Å². The van der Waals surface area contributed by atoms with E-state index in [2.05, 4.69) is 5.32 Å². The smallest absolute Gasteiger partial charge is 0.221 e. The summed E-state index contributed by atoms with van der Waals surface area (Å²) in [7, 11) is 1.59. The van der Waals surface area contributed by atoms with E-state index >= 15 is 0 Å². The van der Waals surface area contributed by atoms with Crippen LogP contribution < -0.4 is 5.32 Å². The molecule has 5 nitrogen and oxygen atoms in total. The maximum absolute atomic E-state index is 11.5. The standard InChI is InChI=1S/C12H24N2O3/c1-5-10(2)14(11(3)15)8-6-12(16)13-7-9-17-4/h10H,5-9H2,1-4H3,(H,13,16). The number of carbonyl (C=O) groups excluding carboxylic acids is 2. The van der Waals surface area contributed by atoms with Gasteiger partial charge < -0.3 is 15.0 Å². The van der Waals surface area contributed by atoms with E-state index in [9.17, 15) is 9.59 Å². The number of amides is 2. The van der Waals surface area contributed by atoms with Crippen LogP contribution in [0.5, 0.6) is 0 Å². The number of rotatable bonds is 8. The summed E-state index contributed by atoms with van der Waals surface area (Å²) in [5.41, 5.74) is 0. The molecule has 0 aliphatic heterocycles. The molecule has 100 valence electrons. The topological polar surface area (TPSA) is 58.6 Å². The largest absolute Gasteiger partial charge is 0.383 e. The molecule has 5 heteroatoms. The van der Waals surface area contributed by atoms with Gasteiger partial charge in [0.05, 0.1) is 6.61 Å². The first-order chi connectivity index (χ1) is 8.02. The van der Waals surface area contributed by atoms with Crippen LogP contribution in [0.1, 0.15) is 33.6 Å². The molecular formula is C12H24N2O3. The van der Waals surface area contributed by atoms with Crippen molar-refractivity contribution >= 4 is 11.8 Å². The predicted octanol–water partition coefficient (Wildman–Crippen LogP) is 0.786. The minimum Gasteiger partial charge on any atom is -0.383 e. The van der Waals surface area contributed by atoms with E-state index in [0.717, 1.165) is 6.42 Å². The quantitative estimate of drug-likeness (QED) is 0.642. The fourth-order valence-electron chi connectivity index (χ4n) is 1.51. The Labute approximate surface area is 103 Å². The van der Waals surface area contributed by atoms with Gasteiger partial charge >= 0.3 is 0 Å². The van der Waals surface area contributed by atoms with Gasteiger partial charge in [-0.3, -0.25) is 9.59 Å². The first-order valence-corrected chi connectivity index (χ1v) is 6.05. The van der Waals surface area contributed by atoms with Gasteiger partial charge in [-0.15, -0.1) is 0 Å². The van der Waals surface area contributed by atoms with Crippen molar-refractivity contribution < 1.29 is 14.3 Å². The predicted molar refractivity (Wildman–Crippen MR) is 66.6 cm³/mol. The third kappa shape index (κ3) is 6.94. The van der Waals surface area contributed by atoms with Crippen molar-refractivity contribution in [1.29, 1.82) is 0 Å². The van der Waals surface area contributed by atoms with Gasteiger partial charge in [0.2, 0.25) is 11.8 Å². The summed E-state index contributed by atoms with van der Waals surface area (Å²) in [6.07, 6.45) is 1.23.